The van der Waals surface area contributed by atoms with Gasteiger partial charge in [-0.3, -0.25) is 9.80 Å². The standard InChI is InChI=1S/C17H23N3O/c18-13-15-5-1-2-7-17(15)21-12-11-19-8-4-10-20-9-3-6-16(20)14-19/h1-2,5,7,16H,3-4,6,8-12,14H2. The van der Waals surface area contributed by atoms with Crippen LogP contribution in [-0.2, 0) is 0 Å². The molecule has 0 amide bonds. The van der Waals surface area contributed by atoms with E-state index >= 15 is 0 Å². The third kappa shape index (κ3) is 3.55. The van der Waals surface area contributed by atoms with Crippen molar-refractivity contribution in [3.8, 4) is 11.8 Å². The summed E-state index contributed by atoms with van der Waals surface area (Å²) in [6.07, 6.45) is 3.95. The molecule has 0 spiro atoms. The first-order valence-corrected chi connectivity index (χ1v) is 7.95. The number of ether oxygens (including phenoxy) is 1. The Bertz CT molecular complexity index is 511. The summed E-state index contributed by atoms with van der Waals surface area (Å²) in [6, 6.07) is 10.4. The first kappa shape index (κ1) is 14.4. The average molecular weight is 285 g/mol. The monoisotopic (exact) mass is 285 g/mol. The summed E-state index contributed by atoms with van der Waals surface area (Å²) in [5.74, 6) is 0.706. The fourth-order valence-corrected chi connectivity index (χ4v) is 3.46. The van der Waals surface area contributed by atoms with Crippen LogP contribution in [0.25, 0.3) is 0 Å². The van der Waals surface area contributed by atoms with E-state index in [1.165, 1.54) is 38.9 Å². The van der Waals surface area contributed by atoms with Crippen molar-refractivity contribution < 1.29 is 4.74 Å². The van der Waals surface area contributed by atoms with Gasteiger partial charge in [-0.05, 0) is 51.0 Å². The number of hydrogen-bond donors (Lipinski definition) is 0. The zero-order valence-corrected chi connectivity index (χ0v) is 12.5. The molecule has 4 nitrogen and oxygen atoms in total. The molecule has 0 aliphatic carbocycles. The zero-order chi connectivity index (χ0) is 14.5. The Labute approximate surface area is 126 Å². The van der Waals surface area contributed by atoms with Gasteiger partial charge in [0, 0.05) is 19.1 Å². The van der Waals surface area contributed by atoms with Gasteiger partial charge in [0.1, 0.15) is 18.4 Å². The lowest BCUT2D eigenvalue weighted by Crippen LogP contribution is -2.38. The highest BCUT2D eigenvalue weighted by molar-refractivity contribution is 5.42. The highest BCUT2D eigenvalue weighted by Crippen LogP contribution is 2.21. The first-order valence-electron chi connectivity index (χ1n) is 7.95. The normalized spacial score (nSPS) is 23.3. The van der Waals surface area contributed by atoms with Crippen molar-refractivity contribution in [1.29, 1.82) is 5.26 Å². The summed E-state index contributed by atoms with van der Waals surface area (Å²) >= 11 is 0. The minimum atomic E-state index is 0.621. The summed E-state index contributed by atoms with van der Waals surface area (Å²) in [5.41, 5.74) is 0.621. The molecule has 2 aliphatic rings. The van der Waals surface area contributed by atoms with E-state index in [2.05, 4.69) is 15.9 Å². The Balaban J connectivity index is 1.50. The molecule has 4 heteroatoms. The van der Waals surface area contributed by atoms with E-state index in [-0.39, 0.29) is 0 Å². The average Bonchev–Trinajstić information content (AvgIpc) is 2.86. The lowest BCUT2D eigenvalue weighted by atomic mass is 10.2. The van der Waals surface area contributed by atoms with E-state index in [9.17, 15) is 0 Å². The van der Waals surface area contributed by atoms with Crippen LogP contribution in [0.15, 0.2) is 24.3 Å². The van der Waals surface area contributed by atoms with Gasteiger partial charge in [-0.1, -0.05) is 12.1 Å². The number of rotatable bonds is 4. The Morgan fingerprint density at radius 2 is 2.05 bits per heavy atom. The molecule has 0 bridgehead atoms. The van der Waals surface area contributed by atoms with Gasteiger partial charge in [0.15, 0.2) is 0 Å². The maximum atomic E-state index is 9.06. The second kappa shape index (κ2) is 6.93. The van der Waals surface area contributed by atoms with Crippen molar-refractivity contribution in [3.63, 3.8) is 0 Å². The van der Waals surface area contributed by atoms with Crippen molar-refractivity contribution >= 4 is 0 Å². The van der Waals surface area contributed by atoms with Crippen molar-refractivity contribution in [2.75, 3.05) is 39.3 Å². The Kier molecular flexibility index (Phi) is 4.74. The number of nitriles is 1. The van der Waals surface area contributed by atoms with Crippen LogP contribution in [0.1, 0.15) is 24.8 Å². The fraction of sp³-hybridized carbons (Fsp3) is 0.588. The van der Waals surface area contributed by atoms with Crippen LogP contribution in [0, 0.1) is 11.3 Å². The second-order valence-corrected chi connectivity index (χ2v) is 5.94. The first-order chi connectivity index (χ1) is 10.4. The highest BCUT2D eigenvalue weighted by Gasteiger charge is 2.28. The summed E-state index contributed by atoms with van der Waals surface area (Å²) in [5, 5.41) is 9.06. The molecule has 21 heavy (non-hydrogen) atoms. The van der Waals surface area contributed by atoms with Crippen LogP contribution in [0.4, 0.5) is 0 Å². The number of fused-ring (bicyclic) bond motifs is 1. The quantitative estimate of drug-likeness (QED) is 0.849. The molecular formula is C17H23N3O. The third-order valence-corrected chi connectivity index (χ3v) is 4.56. The van der Waals surface area contributed by atoms with Crippen LogP contribution in [0.2, 0.25) is 0 Å². The Morgan fingerprint density at radius 3 is 2.95 bits per heavy atom. The molecule has 0 aromatic heterocycles. The fourth-order valence-electron chi connectivity index (χ4n) is 3.46. The number of nitrogens with zero attached hydrogens (tertiary/aromatic N) is 3. The molecule has 0 radical (unpaired) electrons. The molecule has 112 valence electrons. The largest absolute Gasteiger partial charge is 0.491 e. The topological polar surface area (TPSA) is 39.5 Å². The molecule has 0 N–H and O–H groups in total. The SMILES string of the molecule is N#Cc1ccccc1OCCN1CCCN2CCCC2C1. The van der Waals surface area contributed by atoms with Gasteiger partial charge in [-0.25, -0.2) is 0 Å². The van der Waals surface area contributed by atoms with Crippen LogP contribution < -0.4 is 4.74 Å². The molecular weight excluding hydrogens is 262 g/mol. The van der Waals surface area contributed by atoms with Crippen molar-refractivity contribution in [2.24, 2.45) is 0 Å². The Hall–Kier alpha value is -1.57. The van der Waals surface area contributed by atoms with Gasteiger partial charge in [-0.15, -0.1) is 0 Å². The van der Waals surface area contributed by atoms with E-state index in [1.54, 1.807) is 6.07 Å². The van der Waals surface area contributed by atoms with Gasteiger partial charge in [-0.2, -0.15) is 5.26 Å². The van der Waals surface area contributed by atoms with Crippen LogP contribution in [0.3, 0.4) is 0 Å². The van der Waals surface area contributed by atoms with E-state index in [1.807, 2.05) is 18.2 Å². The predicted octanol–water partition coefficient (Wildman–Crippen LogP) is 2.11. The molecule has 1 atom stereocenters. The Morgan fingerprint density at radius 1 is 1.19 bits per heavy atom. The van der Waals surface area contributed by atoms with Crippen LogP contribution in [-0.4, -0.2) is 55.2 Å². The number of para-hydroxylation sites is 1. The molecule has 2 heterocycles. The van der Waals surface area contributed by atoms with Gasteiger partial charge in [0.05, 0.1) is 5.56 Å². The van der Waals surface area contributed by atoms with E-state index in [0.29, 0.717) is 17.9 Å². The van der Waals surface area contributed by atoms with E-state index < -0.39 is 0 Å². The summed E-state index contributed by atoms with van der Waals surface area (Å²) in [7, 11) is 0. The molecule has 2 fully saturated rings. The third-order valence-electron chi connectivity index (χ3n) is 4.56. The number of benzene rings is 1. The maximum absolute atomic E-state index is 9.06. The van der Waals surface area contributed by atoms with Gasteiger partial charge >= 0.3 is 0 Å². The molecule has 1 unspecified atom stereocenters. The van der Waals surface area contributed by atoms with E-state index in [0.717, 1.165) is 19.1 Å². The summed E-state index contributed by atoms with van der Waals surface area (Å²) in [6.45, 7) is 6.47. The summed E-state index contributed by atoms with van der Waals surface area (Å²) in [4.78, 5) is 5.16. The molecule has 1 aromatic carbocycles. The molecule has 2 saturated heterocycles. The maximum Gasteiger partial charge on any atom is 0.137 e. The zero-order valence-electron chi connectivity index (χ0n) is 12.5. The predicted molar refractivity (Wildman–Crippen MR) is 82.3 cm³/mol. The van der Waals surface area contributed by atoms with Crippen LogP contribution in [0.5, 0.6) is 5.75 Å². The number of hydrogen-bond acceptors (Lipinski definition) is 4. The smallest absolute Gasteiger partial charge is 0.137 e. The van der Waals surface area contributed by atoms with Crippen molar-refractivity contribution in [3.05, 3.63) is 29.8 Å². The van der Waals surface area contributed by atoms with Gasteiger partial charge < -0.3 is 4.74 Å². The highest BCUT2D eigenvalue weighted by atomic mass is 16.5. The van der Waals surface area contributed by atoms with Crippen molar-refractivity contribution in [2.45, 2.75) is 25.3 Å². The minimum Gasteiger partial charge on any atom is -0.491 e. The molecule has 1 aromatic rings. The second-order valence-electron chi connectivity index (χ2n) is 5.94. The van der Waals surface area contributed by atoms with Crippen molar-refractivity contribution in [1.82, 2.24) is 9.80 Å². The molecule has 0 saturated carbocycles. The van der Waals surface area contributed by atoms with Crippen LogP contribution >= 0.6 is 0 Å². The lowest BCUT2D eigenvalue weighted by Gasteiger charge is -2.25. The van der Waals surface area contributed by atoms with Gasteiger partial charge in [0.25, 0.3) is 0 Å². The molecule has 2 aliphatic heterocycles. The summed E-state index contributed by atoms with van der Waals surface area (Å²) < 4.78 is 5.81. The lowest BCUT2D eigenvalue weighted by molar-refractivity contribution is 0.188. The molecule has 3 rings (SSSR count). The van der Waals surface area contributed by atoms with E-state index in [4.69, 9.17) is 10.00 Å². The van der Waals surface area contributed by atoms with Gasteiger partial charge in [0.2, 0.25) is 0 Å². The minimum absolute atomic E-state index is 0.621.